The lowest BCUT2D eigenvalue weighted by Crippen LogP contribution is -2.09. The van der Waals surface area contributed by atoms with Crippen molar-refractivity contribution in [1.82, 2.24) is 0 Å². The van der Waals surface area contributed by atoms with Crippen LogP contribution in [0.2, 0.25) is 0 Å². The number of para-hydroxylation sites is 1. The van der Waals surface area contributed by atoms with E-state index in [0.29, 0.717) is 5.69 Å². The minimum atomic E-state index is -0.116. The quantitative estimate of drug-likeness (QED) is 0.145. The summed E-state index contributed by atoms with van der Waals surface area (Å²) in [6.45, 7) is 2.14. The summed E-state index contributed by atoms with van der Waals surface area (Å²) in [5.74, 6) is 0. The Morgan fingerprint density at radius 3 is 2.08 bits per heavy atom. The molecule has 8 aromatic carbocycles. The van der Waals surface area contributed by atoms with Gasteiger partial charge in [-0.3, -0.25) is 4.99 Å². The summed E-state index contributed by atoms with van der Waals surface area (Å²) in [5, 5.41) is 6.93. The second-order valence-corrected chi connectivity index (χ2v) is 13.0. The SMILES string of the molecule is CC(N=C(c1ccc2c(c1)oc1c3ccccc3cc(-c3ccccc3)c21)c1ccccc1N)c1ccc(-c2ccc3ccccc3c2)cc1. The molecule has 9 rings (SSSR count). The lowest BCUT2D eigenvalue weighted by Gasteiger charge is -2.15. The van der Waals surface area contributed by atoms with Gasteiger partial charge in [0.15, 0.2) is 0 Å². The van der Waals surface area contributed by atoms with Gasteiger partial charge in [-0.25, -0.2) is 0 Å². The molecule has 0 radical (unpaired) electrons. The monoisotopic (exact) mass is 642 g/mol. The van der Waals surface area contributed by atoms with Gasteiger partial charge in [0, 0.05) is 33.0 Å². The highest BCUT2D eigenvalue weighted by atomic mass is 16.3. The standard InChI is InChI=1S/C47H34N2O/c1-30(31-19-21-33(22-20-31)36-24-23-32-11-5-6-14-35(32)27-36)49-46(40-17-9-10-18-43(40)48)38-25-26-41-44(29-38)50-47-39-16-8-7-15-37(39)28-42(45(41)47)34-12-3-2-4-13-34/h2-30H,48H2,1H3. The van der Waals surface area contributed by atoms with Crippen LogP contribution >= 0.6 is 0 Å². The zero-order valence-corrected chi connectivity index (χ0v) is 27.7. The molecule has 3 heteroatoms. The smallest absolute Gasteiger partial charge is 0.143 e. The number of furan rings is 1. The number of hydrogen-bond donors (Lipinski definition) is 1. The molecule has 0 aliphatic heterocycles. The molecule has 2 N–H and O–H groups in total. The molecule has 3 nitrogen and oxygen atoms in total. The minimum absolute atomic E-state index is 0.116. The van der Waals surface area contributed by atoms with Crippen LogP contribution in [0.1, 0.15) is 29.7 Å². The Morgan fingerprint density at radius 2 is 1.26 bits per heavy atom. The first kappa shape index (κ1) is 29.7. The first-order valence-electron chi connectivity index (χ1n) is 17.1. The molecule has 1 heterocycles. The van der Waals surface area contributed by atoms with Gasteiger partial charge >= 0.3 is 0 Å². The number of anilines is 1. The molecule has 1 aromatic heterocycles. The van der Waals surface area contributed by atoms with Gasteiger partial charge in [0.05, 0.1) is 11.8 Å². The maximum Gasteiger partial charge on any atom is 0.143 e. The van der Waals surface area contributed by atoms with E-state index in [2.05, 4.69) is 153 Å². The number of hydrogen-bond acceptors (Lipinski definition) is 3. The van der Waals surface area contributed by atoms with E-state index >= 15 is 0 Å². The van der Waals surface area contributed by atoms with Crippen LogP contribution in [0.5, 0.6) is 0 Å². The molecule has 50 heavy (non-hydrogen) atoms. The van der Waals surface area contributed by atoms with Gasteiger partial charge in [-0.2, -0.15) is 0 Å². The average molecular weight is 643 g/mol. The molecule has 0 saturated heterocycles. The maximum absolute atomic E-state index is 6.77. The summed E-state index contributed by atoms with van der Waals surface area (Å²) < 4.78 is 6.77. The summed E-state index contributed by atoms with van der Waals surface area (Å²) >= 11 is 0. The number of nitrogen functional groups attached to an aromatic ring is 1. The van der Waals surface area contributed by atoms with Crippen LogP contribution in [0, 0.1) is 0 Å². The number of benzene rings is 8. The van der Waals surface area contributed by atoms with Crippen molar-refractivity contribution in [3.05, 3.63) is 187 Å². The topological polar surface area (TPSA) is 51.5 Å². The van der Waals surface area contributed by atoms with Crippen molar-refractivity contribution in [2.24, 2.45) is 4.99 Å². The van der Waals surface area contributed by atoms with E-state index in [0.717, 1.165) is 66.2 Å². The predicted octanol–water partition coefficient (Wildman–Crippen LogP) is 12.4. The van der Waals surface area contributed by atoms with Crippen LogP contribution < -0.4 is 5.73 Å². The number of rotatable bonds is 6. The van der Waals surface area contributed by atoms with Gasteiger partial charge < -0.3 is 10.2 Å². The summed E-state index contributed by atoms with van der Waals surface area (Å²) in [6, 6.07) is 59.4. The second-order valence-electron chi connectivity index (χ2n) is 13.0. The molecule has 0 bridgehead atoms. The zero-order chi connectivity index (χ0) is 33.6. The Bertz CT molecular complexity index is 2720. The van der Waals surface area contributed by atoms with Gasteiger partial charge in [-0.15, -0.1) is 0 Å². The first-order chi connectivity index (χ1) is 24.6. The van der Waals surface area contributed by atoms with Crippen molar-refractivity contribution in [2.75, 3.05) is 5.73 Å². The Balaban J connectivity index is 1.15. The molecule has 0 saturated carbocycles. The fourth-order valence-electron chi connectivity index (χ4n) is 7.21. The molecule has 0 aliphatic carbocycles. The number of nitrogens with two attached hydrogens (primary N) is 1. The molecule has 0 fully saturated rings. The largest absolute Gasteiger partial charge is 0.455 e. The van der Waals surface area contributed by atoms with E-state index in [1.54, 1.807) is 0 Å². The minimum Gasteiger partial charge on any atom is -0.455 e. The second kappa shape index (κ2) is 12.2. The summed E-state index contributed by atoms with van der Waals surface area (Å²) in [6.07, 6.45) is 0. The molecule has 1 unspecified atom stereocenters. The highest BCUT2D eigenvalue weighted by molar-refractivity contribution is 6.23. The van der Waals surface area contributed by atoms with E-state index in [1.165, 1.54) is 21.9 Å². The summed E-state index contributed by atoms with van der Waals surface area (Å²) in [5.41, 5.74) is 17.5. The highest BCUT2D eigenvalue weighted by Crippen LogP contribution is 2.41. The molecule has 9 aromatic rings. The van der Waals surface area contributed by atoms with Gasteiger partial charge in [-0.1, -0.05) is 140 Å². The van der Waals surface area contributed by atoms with Crippen LogP contribution in [-0.4, -0.2) is 5.71 Å². The van der Waals surface area contributed by atoms with Crippen LogP contribution in [0.3, 0.4) is 0 Å². The third-order valence-corrected chi connectivity index (χ3v) is 9.84. The van der Waals surface area contributed by atoms with Crippen molar-refractivity contribution < 1.29 is 4.42 Å². The molecular formula is C47H34N2O. The van der Waals surface area contributed by atoms with Gasteiger partial charge in [0.2, 0.25) is 0 Å². The van der Waals surface area contributed by atoms with E-state index < -0.39 is 0 Å². The van der Waals surface area contributed by atoms with Crippen molar-refractivity contribution in [3.63, 3.8) is 0 Å². The van der Waals surface area contributed by atoms with Gasteiger partial charge in [-0.05, 0) is 81.2 Å². The van der Waals surface area contributed by atoms with E-state index in [-0.39, 0.29) is 6.04 Å². The normalized spacial score (nSPS) is 12.6. The van der Waals surface area contributed by atoms with Crippen molar-refractivity contribution >= 4 is 54.9 Å². The lowest BCUT2D eigenvalue weighted by molar-refractivity contribution is 0.672. The zero-order valence-electron chi connectivity index (χ0n) is 27.7. The van der Waals surface area contributed by atoms with E-state index in [1.807, 2.05) is 24.3 Å². The number of aliphatic imine (C=N–C) groups is 1. The molecule has 0 spiro atoms. The molecule has 0 aliphatic rings. The third-order valence-electron chi connectivity index (χ3n) is 9.84. The highest BCUT2D eigenvalue weighted by Gasteiger charge is 2.19. The van der Waals surface area contributed by atoms with Crippen LogP contribution in [0.15, 0.2) is 179 Å². The molecule has 0 amide bonds. The Hall–Kier alpha value is -6.45. The van der Waals surface area contributed by atoms with Crippen molar-refractivity contribution in [3.8, 4) is 22.3 Å². The Kier molecular flexibility index (Phi) is 7.25. The molecule has 238 valence electrons. The average Bonchev–Trinajstić information content (AvgIpc) is 3.56. The first-order valence-corrected chi connectivity index (χ1v) is 17.1. The summed E-state index contributed by atoms with van der Waals surface area (Å²) in [4.78, 5) is 5.36. The predicted molar refractivity (Wildman–Crippen MR) is 211 cm³/mol. The van der Waals surface area contributed by atoms with Gasteiger partial charge in [0.25, 0.3) is 0 Å². The van der Waals surface area contributed by atoms with Crippen molar-refractivity contribution in [2.45, 2.75) is 13.0 Å². The molecule has 1 atom stereocenters. The van der Waals surface area contributed by atoms with Crippen LogP contribution in [0.4, 0.5) is 5.69 Å². The van der Waals surface area contributed by atoms with Gasteiger partial charge in [0.1, 0.15) is 11.2 Å². The maximum atomic E-state index is 6.77. The lowest BCUT2D eigenvalue weighted by atomic mass is 9.94. The Labute approximate surface area is 291 Å². The summed E-state index contributed by atoms with van der Waals surface area (Å²) in [7, 11) is 0. The van der Waals surface area contributed by atoms with Crippen molar-refractivity contribution in [1.29, 1.82) is 0 Å². The number of nitrogens with zero attached hydrogens (tertiary/aromatic N) is 1. The van der Waals surface area contributed by atoms with Crippen LogP contribution in [0.25, 0.3) is 65.7 Å². The fraction of sp³-hybridized carbons (Fsp3) is 0.0426. The Morgan fingerprint density at radius 1 is 0.560 bits per heavy atom. The number of fused-ring (bicyclic) bond motifs is 6. The fourth-order valence-corrected chi connectivity index (χ4v) is 7.21. The molecular weight excluding hydrogens is 609 g/mol. The van der Waals surface area contributed by atoms with E-state index in [9.17, 15) is 0 Å². The van der Waals surface area contributed by atoms with E-state index in [4.69, 9.17) is 15.1 Å². The van der Waals surface area contributed by atoms with Crippen LogP contribution in [-0.2, 0) is 0 Å². The third kappa shape index (κ3) is 5.21.